The van der Waals surface area contributed by atoms with Crippen LogP contribution in [0.2, 0.25) is 0 Å². The van der Waals surface area contributed by atoms with Gasteiger partial charge in [0.1, 0.15) is 6.61 Å². The number of hydrogen-bond acceptors (Lipinski definition) is 3. The number of halogens is 2. The van der Waals surface area contributed by atoms with Crippen molar-refractivity contribution in [2.45, 2.75) is 6.61 Å². The fourth-order valence-electron chi connectivity index (χ4n) is 2.32. The smallest absolute Gasteiger partial charge is 0.215 e. The molecule has 3 aromatic carbocycles. The number of oxime groups is 1. The van der Waals surface area contributed by atoms with E-state index >= 15 is 0 Å². The van der Waals surface area contributed by atoms with Gasteiger partial charge in [0.05, 0.1) is 0 Å². The molecule has 0 aliphatic rings. The number of rotatable bonds is 6. The summed E-state index contributed by atoms with van der Waals surface area (Å²) in [6.45, 7) is 0.300. The van der Waals surface area contributed by atoms with Crippen LogP contribution in [-0.4, -0.2) is 11.5 Å². The van der Waals surface area contributed by atoms with Gasteiger partial charge in [0, 0.05) is 20.1 Å². The van der Waals surface area contributed by atoms with Crippen molar-refractivity contribution >= 4 is 43.4 Å². The Morgan fingerprint density at radius 2 is 1.31 bits per heavy atom. The number of carbonyl (C=O) groups excluding carboxylic acids is 1. The van der Waals surface area contributed by atoms with Gasteiger partial charge in [0.15, 0.2) is 5.71 Å². The van der Waals surface area contributed by atoms with E-state index in [1.807, 2.05) is 66.7 Å². The molecule has 0 aliphatic heterocycles. The zero-order chi connectivity index (χ0) is 18.4. The molecule has 130 valence electrons. The highest BCUT2D eigenvalue weighted by Crippen LogP contribution is 2.16. The topological polar surface area (TPSA) is 38.7 Å². The summed E-state index contributed by atoms with van der Waals surface area (Å²) in [6, 6.07) is 24.3. The average molecular weight is 473 g/mol. The van der Waals surface area contributed by atoms with E-state index < -0.39 is 0 Å². The van der Waals surface area contributed by atoms with E-state index in [2.05, 4.69) is 37.0 Å². The summed E-state index contributed by atoms with van der Waals surface area (Å²) < 4.78 is 1.85. The molecule has 0 aliphatic carbocycles. The number of carbonyl (C=O) groups is 1. The zero-order valence-corrected chi connectivity index (χ0v) is 16.9. The van der Waals surface area contributed by atoms with Gasteiger partial charge in [-0.15, -0.1) is 0 Å². The Labute approximate surface area is 168 Å². The van der Waals surface area contributed by atoms with Crippen molar-refractivity contribution in [2.75, 3.05) is 0 Å². The molecule has 0 N–H and O–H groups in total. The Bertz CT molecular complexity index is 905. The second-order valence-electron chi connectivity index (χ2n) is 5.54. The Morgan fingerprint density at radius 1 is 0.769 bits per heavy atom. The van der Waals surface area contributed by atoms with E-state index in [0.29, 0.717) is 17.7 Å². The van der Waals surface area contributed by atoms with Crippen LogP contribution >= 0.6 is 31.9 Å². The minimum Gasteiger partial charge on any atom is -0.390 e. The van der Waals surface area contributed by atoms with Gasteiger partial charge < -0.3 is 4.84 Å². The predicted molar refractivity (Wildman–Crippen MR) is 110 cm³/mol. The lowest BCUT2D eigenvalue weighted by molar-refractivity contribution is 0.103. The minimum absolute atomic E-state index is 0.187. The number of hydrogen-bond donors (Lipinski definition) is 0. The van der Waals surface area contributed by atoms with Gasteiger partial charge >= 0.3 is 0 Å². The number of nitrogens with zero attached hydrogens (tertiary/aromatic N) is 1. The highest BCUT2D eigenvalue weighted by atomic mass is 79.9. The number of Topliss-reactive ketones (excluding diaryl/α,β-unsaturated/α-hetero) is 1. The molecule has 3 aromatic rings. The molecule has 0 amide bonds. The fourth-order valence-corrected chi connectivity index (χ4v) is 2.85. The molecule has 0 saturated heterocycles. The molecule has 0 saturated carbocycles. The third-order valence-electron chi connectivity index (χ3n) is 3.67. The van der Waals surface area contributed by atoms with Crippen LogP contribution in [0.5, 0.6) is 0 Å². The zero-order valence-electron chi connectivity index (χ0n) is 13.7. The SMILES string of the molecule is O=C(/C(=N/OCc1ccccc1)c1ccc(Br)cc1)c1ccc(Br)cc1. The molecule has 0 bridgehead atoms. The van der Waals surface area contributed by atoms with Crippen LogP contribution < -0.4 is 0 Å². The molecule has 26 heavy (non-hydrogen) atoms. The van der Waals surface area contributed by atoms with Gasteiger partial charge in [-0.25, -0.2) is 0 Å². The monoisotopic (exact) mass is 471 g/mol. The van der Waals surface area contributed by atoms with Crippen molar-refractivity contribution in [1.82, 2.24) is 0 Å². The number of benzene rings is 3. The summed E-state index contributed by atoms with van der Waals surface area (Å²) >= 11 is 6.79. The van der Waals surface area contributed by atoms with Crippen molar-refractivity contribution in [3.63, 3.8) is 0 Å². The first-order valence-corrected chi connectivity index (χ1v) is 9.52. The molecule has 0 heterocycles. The molecule has 0 aromatic heterocycles. The lowest BCUT2D eigenvalue weighted by Crippen LogP contribution is -2.16. The maximum Gasteiger partial charge on any atom is 0.215 e. The third-order valence-corrected chi connectivity index (χ3v) is 4.73. The first-order chi connectivity index (χ1) is 12.6. The molecular weight excluding hydrogens is 458 g/mol. The third kappa shape index (κ3) is 4.90. The van der Waals surface area contributed by atoms with Gasteiger partial charge in [-0.2, -0.15) is 0 Å². The van der Waals surface area contributed by atoms with Crippen LogP contribution in [0.25, 0.3) is 0 Å². The summed E-state index contributed by atoms with van der Waals surface area (Å²) in [6.07, 6.45) is 0. The van der Waals surface area contributed by atoms with Crippen molar-refractivity contribution < 1.29 is 9.63 Å². The first kappa shape index (κ1) is 18.5. The molecular formula is C21H15Br2NO2. The Morgan fingerprint density at radius 3 is 1.88 bits per heavy atom. The molecule has 0 radical (unpaired) electrons. The molecule has 0 fully saturated rings. The lowest BCUT2D eigenvalue weighted by atomic mass is 10.0. The van der Waals surface area contributed by atoms with Crippen molar-refractivity contribution in [1.29, 1.82) is 0 Å². The van der Waals surface area contributed by atoms with E-state index in [-0.39, 0.29) is 11.5 Å². The maximum absolute atomic E-state index is 12.9. The van der Waals surface area contributed by atoms with Gasteiger partial charge in [-0.1, -0.05) is 79.5 Å². The predicted octanol–water partition coefficient (Wildman–Crippen LogP) is 6.02. The minimum atomic E-state index is -0.187. The van der Waals surface area contributed by atoms with E-state index in [0.717, 1.165) is 14.5 Å². The lowest BCUT2D eigenvalue weighted by Gasteiger charge is -2.07. The second-order valence-corrected chi connectivity index (χ2v) is 7.37. The van der Waals surface area contributed by atoms with Crippen molar-refractivity contribution in [3.8, 4) is 0 Å². The van der Waals surface area contributed by atoms with E-state index in [1.54, 1.807) is 12.1 Å². The van der Waals surface area contributed by atoms with Crippen LogP contribution in [-0.2, 0) is 11.4 Å². The van der Waals surface area contributed by atoms with Crippen LogP contribution in [0.3, 0.4) is 0 Å². The Balaban J connectivity index is 1.88. The molecule has 0 unspecified atom stereocenters. The molecule has 3 rings (SSSR count). The van der Waals surface area contributed by atoms with E-state index in [9.17, 15) is 4.79 Å². The van der Waals surface area contributed by atoms with Gasteiger partial charge in [0.25, 0.3) is 0 Å². The van der Waals surface area contributed by atoms with Gasteiger partial charge in [-0.3, -0.25) is 4.79 Å². The molecule has 5 heteroatoms. The normalized spacial score (nSPS) is 11.2. The summed E-state index contributed by atoms with van der Waals surface area (Å²) in [5.74, 6) is -0.187. The quantitative estimate of drug-likeness (QED) is 0.250. The highest BCUT2D eigenvalue weighted by molar-refractivity contribution is 9.10. The summed E-state index contributed by atoms with van der Waals surface area (Å²) in [7, 11) is 0. The van der Waals surface area contributed by atoms with E-state index in [4.69, 9.17) is 4.84 Å². The molecule has 0 atom stereocenters. The molecule has 0 spiro atoms. The van der Waals surface area contributed by atoms with Crippen LogP contribution in [0.1, 0.15) is 21.5 Å². The largest absolute Gasteiger partial charge is 0.390 e. The summed E-state index contributed by atoms with van der Waals surface area (Å²) in [5.41, 5.74) is 2.52. The van der Waals surface area contributed by atoms with Crippen LogP contribution in [0.15, 0.2) is 93.0 Å². The summed E-state index contributed by atoms with van der Waals surface area (Å²) in [5, 5.41) is 4.16. The van der Waals surface area contributed by atoms with Gasteiger partial charge in [0.2, 0.25) is 5.78 Å². The second kappa shape index (κ2) is 8.92. The summed E-state index contributed by atoms with van der Waals surface area (Å²) in [4.78, 5) is 18.4. The van der Waals surface area contributed by atoms with Crippen LogP contribution in [0.4, 0.5) is 0 Å². The molecule has 3 nitrogen and oxygen atoms in total. The maximum atomic E-state index is 12.9. The van der Waals surface area contributed by atoms with Crippen LogP contribution in [0, 0.1) is 0 Å². The highest BCUT2D eigenvalue weighted by Gasteiger charge is 2.17. The Kier molecular flexibility index (Phi) is 6.36. The first-order valence-electron chi connectivity index (χ1n) is 7.93. The van der Waals surface area contributed by atoms with Crippen molar-refractivity contribution in [2.24, 2.45) is 5.16 Å². The van der Waals surface area contributed by atoms with Gasteiger partial charge in [-0.05, 0) is 42.0 Å². The standard InChI is InChI=1S/C21H15Br2NO2/c22-18-10-6-16(7-11-18)20(21(25)17-8-12-19(23)13-9-17)24-26-14-15-4-2-1-3-5-15/h1-13H,14H2/b24-20+. The Hall–Kier alpha value is -2.24. The average Bonchev–Trinajstić information content (AvgIpc) is 2.67. The fraction of sp³-hybridized carbons (Fsp3) is 0.0476. The van der Waals surface area contributed by atoms with Crippen molar-refractivity contribution in [3.05, 3.63) is 104 Å². The number of ketones is 1. The van der Waals surface area contributed by atoms with E-state index in [1.165, 1.54) is 0 Å².